The van der Waals surface area contributed by atoms with Gasteiger partial charge in [0.2, 0.25) is 0 Å². The van der Waals surface area contributed by atoms with Crippen molar-refractivity contribution in [2.24, 2.45) is 11.7 Å². The molecule has 1 saturated carbocycles. The minimum Gasteiger partial charge on any atom is -0.466 e. The molecule has 14 heavy (non-hydrogen) atoms. The quantitative estimate of drug-likeness (QED) is 0.798. The Morgan fingerprint density at radius 2 is 2.29 bits per heavy atom. The molecule has 2 N–H and O–H groups in total. The van der Waals surface area contributed by atoms with E-state index in [0.29, 0.717) is 5.92 Å². The van der Waals surface area contributed by atoms with Gasteiger partial charge in [-0.15, -0.1) is 0 Å². The van der Waals surface area contributed by atoms with E-state index < -0.39 is 0 Å². The van der Waals surface area contributed by atoms with E-state index in [0.717, 1.165) is 24.5 Å². The lowest BCUT2D eigenvalue weighted by Gasteiger charge is -2.01. The van der Waals surface area contributed by atoms with E-state index in [1.165, 1.54) is 12.2 Å². The molecular weight excluding hydrogens is 174 g/mol. The molecule has 2 rings (SSSR count). The Hall–Kier alpha value is -0.760. The number of rotatable bonds is 4. The lowest BCUT2D eigenvalue weighted by molar-refractivity contribution is 0.450. The average molecular weight is 193 g/mol. The summed E-state index contributed by atoms with van der Waals surface area (Å²) in [7, 11) is 0. The Morgan fingerprint density at radius 3 is 2.86 bits per heavy atom. The third-order valence-electron chi connectivity index (χ3n) is 3.00. The highest BCUT2D eigenvalue weighted by Gasteiger charge is 2.36. The number of nitrogens with two attached hydrogens (primary N) is 1. The molecule has 3 unspecified atom stereocenters. The average Bonchev–Trinajstić information content (AvgIpc) is 2.68. The van der Waals surface area contributed by atoms with Crippen LogP contribution in [-0.2, 0) is 6.42 Å². The fraction of sp³-hybridized carbons (Fsp3) is 0.667. The van der Waals surface area contributed by atoms with Crippen LogP contribution in [0.2, 0.25) is 0 Å². The summed E-state index contributed by atoms with van der Waals surface area (Å²) >= 11 is 0. The van der Waals surface area contributed by atoms with Gasteiger partial charge in [-0.1, -0.05) is 6.92 Å². The van der Waals surface area contributed by atoms with E-state index in [1.54, 1.807) is 0 Å². The van der Waals surface area contributed by atoms with E-state index >= 15 is 0 Å². The first-order valence-electron chi connectivity index (χ1n) is 5.51. The van der Waals surface area contributed by atoms with Crippen molar-refractivity contribution in [1.82, 2.24) is 0 Å². The predicted octanol–water partition coefficient (Wildman–Crippen LogP) is 2.68. The minimum atomic E-state index is 0.267. The van der Waals surface area contributed by atoms with Crippen LogP contribution in [0, 0.1) is 5.92 Å². The maximum absolute atomic E-state index is 5.77. The minimum absolute atomic E-state index is 0.267. The van der Waals surface area contributed by atoms with Gasteiger partial charge in [0.05, 0.1) is 0 Å². The van der Waals surface area contributed by atoms with E-state index in [-0.39, 0.29) is 6.04 Å². The highest BCUT2D eigenvalue weighted by atomic mass is 16.3. The van der Waals surface area contributed by atoms with Crippen molar-refractivity contribution in [3.05, 3.63) is 23.7 Å². The molecule has 1 aliphatic rings. The lowest BCUT2D eigenvalue weighted by atomic mass is 10.2. The van der Waals surface area contributed by atoms with Crippen LogP contribution in [0.15, 0.2) is 16.5 Å². The van der Waals surface area contributed by atoms with Crippen molar-refractivity contribution >= 4 is 0 Å². The first kappa shape index (κ1) is 9.78. The highest BCUT2D eigenvalue weighted by molar-refractivity contribution is 5.17. The van der Waals surface area contributed by atoms with Crippen molar-refractivity contribution in [3.63, 3.8) is 0 Å². The maximum atomic E-state index is 5.77. The van der Waals surface area contributed by atoms with Gasteiger partial charge < -0.3 is 10.2 Å². The summed E-state index contributed by atoms with van der Waals surface area (Å²) < 4.78 is 5.77. The van der Waals surface area contributed by atoms with Crippen LogP contribution in [0.5, 0.6) is 0 Å². The first-order chi connectivity index (χ1) is 6.66. The van der Waals surface area contributed by atoms with Crippen LogP contribution >= 0.6 is 0 Å². The fourth-order valence-electron chi connectivity index (χ4n) is 1.82. The zero-order valence-electron chi connectivity index (χ0n) is 8.99. The Bertz CT molecular complexity index is 303. The first-order valence-corrected chi connectivity index (χ1v) is 5.51. The molecule has 0 spiro atoms. The van der Waals surface area contributed by atoms with Gasteiger partial charge >= 0.3 is 0 Å². The molecule has 0 aliphatic heterocycles. The molecule has 1 aliphatic carbocycles. The van der Waals surface area contributed by atoms with Gasteiger partial charge in [-0.05, 0) is 37.8 Å². The van der Waals surface area contributed by atoms with Gasteiger partial charge in [0, 0.05) is 18.4 Å². The predicted molar refractivity (Wildman–Crippen MR) is 57.2 cm³/mol. The summed E-state index contributed by atoms with van der Waals surface area (Å²) in [6.07, 6.45) is 3.27. The lowest BCUT2D eigenvalue weighted by Crippen LogP contribution is -2.15. The van der Waals surface area contributed by atoms with Crippen molar-refractivity contribution in [3.8, 4) is 0 Å². The van der Waals surface area contributed by atoms with Gasteiger partial charge in [-0.25, -0.2) is 0 Å². The Labute approximate surface area is 85.5 Å². The van der Waals surface area contributed by atoms with Crippen molar-refractivity contribution < 1.29 is 4.42 Å². The second kappa shape index (κ2) is 3.77. The molecule has 1 aromatic rings. The summed E-state index contributed by atoms with van der Waals surface area (Å²) in [5.41, 5.74) is 5.70. The standard InChI is InChI=1S/C12H19NO/c1-8-7-11(8)12-6-5-10(14-12)4-3-9(2)13/h5-6,8-9,11H,3-4,7,13H2,1-2H3. The number of aryl methyl sites for hydroxylation is 1. The summed E-state index contributed by atoms with van der Waals surface area (Å²) in [6, 6.07) is 4.50. The summed E-state index contributed by atoms with van der Waals surface area (Å²) in [6.45, 7) is 4.31. The van der Waals surface area contributed by atoms with Gasteiger partial charge in [-0.3, -0.25) is 0 Å². The Kier molecular flexibility index (Phi) is 2.64. The van der Waals surface area contributed by atoms with Crippen LogP contribution in [0.4, 0.5) is 0 Å². The Morgan fingerprint density at radius 1 is 1.57 bits per heavy atom. The fourth-order valence-corrected chi connectivity index (χ4v) is 1.82. The third-order valence-corrected chi connectivity index (χ3v) is 3.00. The molecule has 3 atom stereocenters. The van der Waals surface area contributed by atoms with Gasteiger partial charge in [0.25, 0.3) is 0 Å². The monoisotopic (exact) mass is 193 g/mol. The van der Waals surface area contributed by atoms with Crippen LogP contribution in [-0.4, -0.2) is 6.04 Å². The number of hydrogen-bond donors (Lipinski definition) is 1. The second-order valence-corrected chi connectivity index (χ2v) is 4.64. The van der Waals surface area contributed by atoms with Crippen LogP contribution in [0.25, 0.3) is 0 Å². The number of furan rings is 1. The molecule has 78 valence electrons. The van der Waals surface area contributed by atoms with Crippen LogP contribution < -0.4 is 5.73 Å². The van der Waals surface area contributed by atoms with Gasteiger partial charge in [0.15, 0.2) is 0 Å². The molecule has 0 radical (unpaired) electrons. The van der Waals surface area contributed by atoms with Gasteiger partial charge in [0.1, 0.15) is 11.5 Å². The molecule has 0 amide bonds. The molecule has 2 nitrogen and oxygen atoms in total. The highest BCUT2D eigenvalue weighted by Crippen LogP contribution is 2.47. The van der Waals surface area contributed by atoms with Crippen LogP contribution in [0.1, 0.15) is 44.1 Å². The summed E-state index contributed by atoms with van der Waals surface area (Å²) in [4.78, 5) is 0. The molecule has 1 aromatic heterocycles. The zero-order chi connectivity index (χ0) is 10.1. The molecule has 1 fully saturated rings. The molecule has 0 saturated heterocycles. The van der Waals surface area contributed by atoms with E-state index in [2.05, 4.69) is 19.1 Å². The number of hydrogen-bond acceptors (Lipinski definition) is 2. The normalized spacial score (nSPS) is 27.6. The molecule has 2 heteroatoms. The molecule has 0 bridgehead atoms. The van der Waals surface area contributed by atoms with E-state index in [1.807, 2.05) is 6.92 Å². The largest absolute Gasteiger partial charge is 0.466 e. The second-order valence-electron chi connectivity index (χ2n) is 4.64. The maximum Gasteiger partial charge on any atom is 0.107 e. The van der Waals surface area contributed by atoms with Crippen molar-refractivity contribution in [2.75, 3.05) is 0 Å². The van der Waals surface area contributed by atoms with Crippen LogP contribution in [0.3, 0.4) is 0 Å². The van der Waals surface area contributed by atoms with E-state index in [9.17, 15) is 0 Å². The summed E-state index contributed by atoms with van der Waals surface area (Å²) in [5, 5.41) is 0. The zero-order valence-corrected chi connectivity index (χ0v) is 8.99. The smallest absolute Gasteiger partial charge is 0.107 e. The van der Waals surface area contributed by atoms with Gasteiger partial charge in [-0.2, -0.15) is 0 Å². The van der Waals surface area contributed by atoms with Crippen molar-refractivity contribution in [2.45, 2.75) is 45.1 Å². The molecule has 0 aromatic carbocycles. The molecule has 1 heterocycles. The third kappa shape index (κ3) is 2.18. The summed E-state index contributed by atoms with van der Waals surface area (Å²) in [5.74, 6) is 3.79. The van der Waals surface area contributed by atoms with E-state index in [4.69, 9.17) is 10.2 Å². The SMILES string of the molecule is CC(N)CCc1ccc(C2CC2C)o1. The molecular formula is C12H19NO. The topological polar surface area (TPSA) is 39.2 Å². The Balaban J connectivity index is 1.90. The van der Waals surface area contributed by atoms with Crippen molar-refractivity contribution in [1.29, 1.82) is 0 Å².